The van der Waals surface area contributed by atoms with Crippen LogP contribution in [0.5, 0.6) is 0 Å². The minimum atomic E-state index is -0.520. The third-order valence-electron chi connectivity index (χ3n) is 1.56. The summed E-state index contributed by atoms with van der Waals surface area (Å²) in [5, 5.41) is 8.95. The fourth-order valence-electron chi connectivity index (χ4n) is 0.810. The van der Waals surface area contributed by atoms with E-state index >= 15 is 0 Å². The normalized spacial score (nSPS) is 38.0. The standard InChI is InChI=1S/C8H10O2/c1-8(6-9)4-2-7(10)3-5-8/h2-7,10H,1H3. The lowest BCUT2D eigenvalue weighted by Crippen LogP contribution is -2.17. The summed E-state index contributed by atoms with van der Waals surface area (Å²) in [6.45, 7) is 1.79. The zero-order valence-electron chi connectivity index (χ0n) is 5.82. The number of aliphatic hydroxyl groups is 1. The van der Waals surface area contributed by atoms with Gasteiger partial charge in [0, 0.05) is 0 Å². The van der Waals surface area contributed by atoms with E-state index in [2.05, 4.69) is 0 Å². The van der Waals surface area contributed by atoms with Crippen molar-refractivity contribution in [2.45, 2.75) is 13.0 Å². The van der Waals surface area contributed by atoms with Crippen LogP contribution in [-0.2, 0) is 4.79 Å². The Morgan fingerprint density at radius 2 is 2.00 bits per heavy atom. The minimum Gasteiger partial charge on any atom is -0.385 e. The van der Waals surface area contributed by atoms with Gasteiger partial charge in [-0.2, -0.15) is 0 Å². The van der Waals surface area contributed by atoms with Crippen LogP contribution in [0.4, 0.5) is 0 Å². The molecule has 0 amide bonds. The summed E-state index contributed by atoms with van der Waals surface area (Å²) < 4.78 is 0. The summed E-state index contributed by atoms with van der Waals surface area (Å²) in [6, 6.07) is 0. The molecule has 0 bridgehead atoms. The maximum Gasteiger partial charge on any atom is 0.133 e. The number of allylic oxidation sites excluding steroid dienone is 2. The topological polar surface area (TPSA) is 37.3 Å². The Balaban J connectivity index is 2.78. The molecule has 0 aromatic rings. The molecule has 0 unspecified atom stereocenters. The van der Waals surface area contributed by atoms with Gasteiger partial charge in [0.15, 0.2) is 0 Å². The highest BCUT2D eigenvalue weighted by Gasteiger charge is 2.18. The molecule has 2 nitrogen and oxygen atoms in total. The number of aliphatic hydroxyl groups excluding tert-OH is 1. The molecule has 10 heavy (non-hydrogen) atoms. The monoisotopic (exact) mass is 138 g/mol. The van der Waals surface area contributed by atoms with Crippen LogP contribution in [0.15, 0.2) is 24.3 Å². The Morgan fingerprint density at radius 3 is 2.40 bits per heavy atom. The minimum absolute atomic E-state index is 0.501. The van der Waals surface area contributed by atoms with Crippen molar-refractivity contribution in [1.82, 2.24) is 0 Å². The summed E-state index contributed by atoms with van der Waals surface area (Å²) in [5.41, 5.74) is -0.501. The van der Waals surface area contributed by atoms with Gasteiger partial charge in [-0.25, -0.2) is 0 Å². The van der Waals surface area contributed by atoms with Crippen LogP contribution in [0.1, 0.15) is 6.92 Å². The SMILES string of the molecule is CC1(C=O)C=CC(O)C=C1. The van der Waals surface area contributed by atoms with Gasteiger partial charge in [0.1, 0.15) is 6.29 Å². The highest BCUT2D eigenvalue weighted by Crippen LogP contribution is 2.21. The van der Waals surface area contributed by atoms with Crippen molar-refractivity contribution in [3.05, 3.63) is 24.3 Å². The van der Waals surface area contributed by atoms with E-state index in [4.69, 9.17) is 5.11 Å². The van der Waals surface area contributed by atoms with E-state index in [9.17, 15) is 4.79 Å². The molecule has 1 N–H and O–H groups in total. The second kappa shape index (κ2) is 2.39. The van der Waals surface area contributed by atoms with Crippen molar-refractivity contribution in [2.75, 3.05) is 0 Å². The maximum absolute atomic E-state index is 10.4. The molecule has 0 fully saturated rings. The molecule has 0 aromatic heterocycles. The van der Waals surface area contributed by atoms with Crippen LogP contribution in [0, 0.1) is 5.41 Å². The largest absolute Gasteiger partial charge is 0.385 e. The molecule has 1 aliphatic rings. The van der Waals surface area contributed by atoms with E-state index in [0.717, 1.165) is 6.29 Å². The fourth-order valence-corrected chi connectivity index (χ4v) is 0.810. The van der Waals surface area contributed by atoms with Crippen molar-refractivity contribution in [1.29, 1.82) is 0 Å². The Kier molecular flexibility index (Phi) is 1.72. The predicted molar refractivity (Wildman–Crippen MR) is 38.5 cm³/mol. The first-order valence-electron chi connectivity index (χ1n) is 3.19. The number of hydrogen-bond donors (Lipinski definition) is 1. The summed E-state index contributed by atoms with van der Waals surface area (Å²) in [4.78, 5) is 10.4. The third kappa shape index (κ3) is 1.33. The summed E-state index contributed by atoms with van der Waals surface area (Å²) in [7, 11) is 0. The van der Waals surface area contributed by atoms with Crippen LogP contribution < -0.4 is 0 Å². The zero-order chi connectivity index (χ0) is 7.61. The molecule has 1 aliphatic carbocycles. The number of rotatable bonds is 1. The zero-order valence-corrected chi connectivity index (χ0v) is 5.82. The smallest absolute Gasteiger partial charge is 0.133 e. The summed E-state index contributed by atoms with van der Waals surface area (Å²) in [5.74, 6) is 0. The lowest BCUT2D eigenvalue weighted by atomic mass is 9.88. The molecule has 2 heteroatoms. The van der Waals surface area contributed by atoms with Crippen molar-refractivity contribution >= 4 is 6.29 Å². The first-order valence-corrected chi connectivity index (χ1v) is 3.19. The number of carbonyl (C=O) groups excluding carboxylic acids is 1. The highest BCUT2D eigenvalue weighted by molar-refractivity contribution is 5.66. The van der Waals surface area contributed by atoms with Gasteiger partial charge in [-0.15, -0.1) is 0 Å². The van der Waals surface area contributed by atoms with Gasteiger partial charge in [-0.05, 0) is 6.92 Å². The lowest BCUT2D eigenvalue weighted by molar-refractivity contribution is -0.111. The van der Waals surface area contributed by atoms with Crippen LogP contribution in [0.3, 0.4) is 0 Å². The van der Waals surface area contributed by atoms with E-state index in [0.29, 0.717) is 0 Å². The summed E-state index contributed by atoms with van der Waals surface area (Å²) in [6.07, 6.45) is 6.94. The van der Waals surface area contributed by atoms with E-state index in [1.54, 1.807) is 31.2 Å². The van der Waals surface area contributed by atoms with E-state index < -0.39 is 11.5 Å². The van der Waals surface area contributed by atoms with Gasteiger partial charge < -0.3 is 9.90 Å². The van der Waals surface area contributed by atoms with Crippen molar-refractivity contribution in [3.63, 3.8) is 0 Å². The first kappa shape index (κ1) is 7.22. The molecule has 1 rings (SSSR count). The summed E-state index contributed by atoms with van der Waals surface area (Å²) >= 11 is 0. The average Bonchev–Trinajstić information content (AvgIpc) is 1.96. The molecule has 0 radical (unpaired) electrons. The maximum atomic E-state index is 10.4. The Hall–Kier alpha value is -0.890. The molecule has 0 atom stereocenters. The first-order chi connectivity index (χ1) is 4.66. The molecular formula is C8H10O2. The van der Waals surface area contributed by atoms with Crippen LogP contribution >= 0.6 is 0 Å². The van der Waals surface area contributed by atoms with Gasteiger partial charge in [-0.1, -0.05) is 24.3 Å². The van der Waals surface area contributed by atoms with Gasteiger partial charge in [0.05, 0.1) is 11.5 Å². The van der Waals surface area contributed by atoms with E-state index in [1.807, 2.05) is 0 Å². The molecule has 0 saturated heterocycles. The third-order valence-corrected chi connectivity index (χ3v) is 1.56. The van der Waals surface area contributed by atoms with Crippen molar-refractivity contribution < 1.29 is 9.90 Å². The van der Waals surface area contributed by atoms with Gasteiger partial charge in [0.2, 0.25) is 0 Å². The van der Waals surface area contributed by atoms with Crippen LogP contribution in [0.25, 0.3) is 0 Å². The number of hydrogen-bond acceptors (Lipinski definition) is 2. The molecule has 0 spiro atoms. The number of carbonyl (C=O) groups is 1. The van der Waals surface area contributed by atoms with Crippen LogP contribution in [-0.4, -0.2) is 17.5 Å². The Morgan fingerprint density at radius 1 is 1.50 bits per heavy atom. The Labute approximate surface area is 59.9 Å². The van der Waals surface area contributed by atoms with Crippen molar-refractivity contribution in [3.8, 4) is 0 Å². The Bertz CT molecular complexity index is 177. The van der Waals surface area contributed by atoms with E-state index in [-0.39, 0.29) is 0 Å². The second-order valence-electron chi connectivity index (χ2n) is 2.69. The lowest BCUT2D eigenvalue weighted by Gasteiger charge is -2.17. The fraction of sp³-hybridized carbons (Fsp3) is 0.375. The van der Waals surface area contributed by atoms with Gasteiger partial charge in [0.25, 0.3) is 0 Å². The predicted octanol–water partition coefficient (Wildman–Crippen LogP) is 0.678. The molecule has 0 heterocycles. The quantitative estimate of drug-likeness (QED) is 0.427. The molecule has 54 valence electrons. The number of aldehydes is 1. The molecule has 0 aliphatic heterocycles. The van der Waals surface area contributed by atoms with Gasteiger partial charge in [-0.3, -0.25) is 0 Å². The second-order valence-corrected chi connectivity index (χ2v) is 2.69. The molecular weight excluding hydrogens is 128 g/mol. The van der Waals surface area contributed by atoms with Gasteiger partial charge >= 0.3 is 0 Å². The van der Waals surface area contributed by atoms with Crippen LogP contribution in [0.2, 0.25) is 0 Å². The van der Waals surface area contributed by atoms with E-state index in [1.165, 1.54) is 0 Å². The average molecular weight is 138 g/mol. The molecule has 0 saturated carbocycles. The highest BCUT2D eigenvalue weighted by atomic mass is 16.3. The van der Waals surface area contributed by atoms with Crippen molar-refractivity contribution in [2.24, 2.45) is 5.41 Å². The molecule has 0 aromatic carbocycles.